The van der Waals surface area contributed by atoms with Crippen LogP contribution in [-0.2, 0) is 24.7 Å². The van der Waals surface area contributed by atoms with Crippen molar-refractivity contribution in [2.45, 2.75) is 18.9 Å². The predicted octanol–water partition coefficient (Wildman–Crippen LogP) is 0.649. The lowest BCUT2D eigenvalue weighted by atomic mass is 10.1. The van der Waals surface area contributed by atoms with E-state index >= 15 is 0 Å². The second-order valence-electron chi connectivity index (χ2n) is 4.79. The molecule has 0 saturated carbocycles. The number of nitrogens with zero attached hydrogens (tertiary/aromatic N) is 2. The number of aromatic nitrogens is 2. The fourth-order valence-corrected chi connectivity index (χ4v) is 2.03. The first-order valence-corrected chi connectivity index (χ1v) is 6.70. The van der Waals surface area contributed by atoms with Gasteiger partial charge in [-0.25, -0.2) is 4.98 Å². The Labute approximate surface area is 118 Å². The monoisotopic (exact) mass is 272 g/mol. The summed E-state index contributed by atoms with van der Waals surface area (Å²) < 4.78 is 1.94. The van der Waals surface area contributed by atoms with E-state index in [0.717, 1.165) is 11.4 Å². The molecule has 0 fully saturated rings. The van der Waals surface area contributed by atoms with Crippen molar-refractivity contribution in [1.29, 1.82) is 0 Å². The van der Waals surface area contributed by atoms with Gasteiger partial charge in [0.15, 0.2) is 0 Å². The number of nitrogens with two attached hydrogens (primary N) is 1. The van der Waals surface area contributed by atoms with Crippen molar-refractivity contribution in [2.24, 2.45) is 12.8 Å². The number of rotatable bonds is 6. The predicted molar refractivity (Wildman–Crippen MR) is 78.0 cm³/mol. The third kappa shape index (κ3) is 3.93. The average molecular weight is 272 g/mol. The Balaban J connectivity index is 1.76. The van der Waals surface area contributed by atoms with E-state index in [1.54, 1.807) is 6.20 Å². The molecule has 0 saturated heterocycles. The van der Waals surface area contributed by atoms with Crippen LogP contribution in [0.1, 0.15) is 11.4 Å². The molecule has 1 heterocycles. The molecule has 2 rings (SSSR count). The first-order chi connectivity index (χ1) is 9.66. The SMILES string of the molecule is Cn1ccnc1CCNC(=O)C(N)Cc1ccccc1. The molecule has 2 aromatic rings. The molecule has 20 heavy (non-hydrogen) atoms. The summed E-state index contributed by atoms with van der Waals surface area (Å²) in [6.07, 6.45) is 4.89. The van der Waals surface area contributed by atoms with E-state index in [9.17, 15) is 4.79 Å². The molecule has 0 aliphatic heterocycles. The molecule has 0 aliphatic rings. The van der Waals surface area contributed by atoms with E-state index in [-0.39, 0.29) is 5.91 Å². The van der Waals surface area contributed by atoms with Gasteiger partial charge >= 0.3 is 0 Å². The third-order valence-electron chi connectivity index (χ3n) is 3.20. The van der Waals surface area contributed by atoms with E-state index < -0.39 is 6.04 Å². The van der Waals surface area contributed by atoms with Crippen molar-refractivity contribution < 1.29 is 4.79 Å². The van der Waals surface area contributed by atoms with E-state index in [1.165, 1.54) is 0 Å². The van der Waals surface area contributed by atoms with Crippen LogP contribution in [0.3, 0.4) is 0 Å². The van der Waals surface area contributed by atoms with Crippen molar-refractivity contribution in [3.63, 3.8) is 0 Å². The fraction of sp³-hybridized carbons (Fsp3) is 0.333. The van der Waals surface area contributed by atoms with Gasteiger partial charge in [-0.05, 0) is 12.0 Å². The number of aryl methyl sites for hydroxylation is 1. The molecule has 106 valence electrons. The van der Waals surface area contributed by atoms with Crippen molar-refractivity contribution >= 4 is 5.91 Å². The van der Waals surface area contributed by atoms with Gasteiger partial charge in [-0.2, -0.15) is 0 Å². The highest BCUT2D eigenvalue weighted by Gasteiger charge is 2.13. The Morgan fingerprint density at radius 1 is 1.40 bits per heavy atom. The standard InChI is InChI=1S/C15H20N4O/c1-19-10-9-17-14(19)7-8-18-15(20)13(16)11-12-5-3-2-4-6-12/h2-6,9-10,13H,7-8,11,16H2,1H3,(H,18,20). The van der Waals surface area contributed by atoms with Gasteiger partial charge in [0.05, 0.1) is 6.04 Å². The topological polar surface area (TPSA) is 72.9 Å². The van der Waals surface area contributed by atoms with Crippen LogP contribution in [0.2, 0.25) is 0 Å². The zero-order valence-electron chi connectivity index (χ0n) is 11.6. The van der Waals surface area contributed by atoms with E-state index in [4.69, 9.17) is 5.73 Å². The van der Waals surface area contributed by atoms with Crippen LogP contribution < -0.4 is 11.1 Å². The van der Waals surface area contributed by atoms with E-state index in [0.29, 0.717) is 19.4 Å². The summed E-state index contributed by atoms with van der Waals surface area (Å²) in [7, 11) is 1.94. The molecule has 1 amide bonds. The normalized spacial score (nSPS) is 12.1. The maximum atomic E-state index is 11.9. The summed E-state index contributed by atoms with van der Waals surface area (Å²) >= 11 is 0. The largest absolute Gasteiger partial charge is 0.354 e. The summed E-state index contributed by atoms with van der Waals surface area (Å²) in [5.41, 5.74) is 6.97. The Kier molecular flexibility index (Phi) is 4.90. The van der Waals surface area contributed by atoms with Crippen LogP contribution in [0.15, 0.2) is 42.7 Å². The van der Waals surface area contributed by atoms with Crippen LogP contribution in [0, 0.1) is 0 Å². The molecular weight excluding hydrogens is 252 g/mol. The van der Waals surface area contributed by atoms with Gasteiger partial charge in [0.1, 0.15) is 5.82 Å². The van der Waals surface area contributed by atoms with Crippen molar-refractivity contribution in [3.05, 3.63) is 54.1 Å². The second-order valence-corrected chi connectivity index (χ2v) is 4.79. The van der Waals surface area contributed by atoms with Crippen molar-refractivity contribution in [3.8, 4) is 0 Å². The molecule has 0 spiro atoms. The van der Waals surface area contributed by atoms with Gasteiger partial charge in [0, 0.05) is 32.4 Å². The number of hydrogen-bond acceptors (Lipinski definition) is 3. The first-order valence-electron chi connectivity index (χ1n) is 6.70. The molecule has 0 aliphatic carbocycles. The summed E-state index contributed by atoms with van der Waals surface area (Å²) in [6.45, 7) is 0.548. The van der Waals surface area contributed by atoms with Gasteiger partial charge in [-0.3, -0.25) is 4.79 Å². The Morgan fingerprint density at radius 3 is 2.80 bits per heavy atom. The van der Waals surface area contributed by atoms with Crippen LogP contribution in [-0.4, -0.2) is 28.0 Å². The average Bonchev–Trinajstić information content (AvgIpc) is 2.85. The summed E-state index contributed by atoms with van der Waals surface area (Å²) in [6, 6.07) is 9.27. The number of carbonyl (C=O) groups is 1. The zero-order valence-corrected chi connectivity index (χ0v) is 11.6. The van der Waals surface area contributed by atoms with Crippen LogP contribution in [0.4, 0.5) is 0 Å². The minimum atomic E-state index is -0.515. The molecular formula is C15H20N4O. The van der Waals surface area contributed by atoms with Gasteiger partial charge in [-0.1, -0.05) is 30.3 Å². The molecule has 1 atom stereocenters. The Morgan fingerprint density at radius 2 is 2.15 bits per heavy atom. The molecule has 3 N–H and O–H groups in total. The number of carbonyl (C=O) groups excluding carboxylic acids is 1. The maximum absolute atomic E-state index is 11.9. The highest BCUT2D eigenvalue weighted by molar-refractivity contribution is 5.81. The highest BCUT2D eigenvalue weighted by atomic mass is 16.2. The lowest BCUT2D eigenvalue weighted by molar-refractivity contribution is -0.122. The van der Waals surface area contributed by atoms with Crippen molar-refractivity contribution in [1.82, 2.24) is 14.9 Å². The summed E-state index contributed by atoms with van der Waals surface area (Å²) in [5, 5.41) is 2.85. The summed E-state index contributed by atoms with van der Waals surface area (Å²) in [5.74, 6) is 0.824. The molecule has 0 radical (unpaired) electrons. The van der Waals surface area contributed by atoms with Gasteiger partial charge in [-0.15, -0.1) is 0 Å². The lowest BCUT2D eigenvalue weighted by Gasteiger charge is -2.12. The zero-order chi connectivity index (χ0) is 14.4. The second kappa shape index (κ2) is 6.86. The number of hydrogen-bond donors (Lipinski definition) is 2. The molecule has 5 heteroatoms. The minimum Gasteiger partial charge on any atom is -0.354 e. The molecule has 0 bridgehead atoms. The smallest absolute Gasteiger partial charge is 0.237 e. The van der Waals surface area contributed by atoms with E-state index in [1.807, 2.05) is 48.1 Å². The van der Waals surface area contributed by atoms with Crippen LogP contribution >= 0.6 is 0 Å². The Hall–Kier alpha value is -2.14. The number of nitrogens with one attached hydrogen (secondary N) is 1. The van der Waals surface area contributed by atoms with Gasteiger partial charge in [0.25, 0.3) is 0 Å². The van der Waals surface area contributed by atoms with Crippen LogP contribution in [0.5, 0.6) is 0 Å². The molecule has 1 aromatic carbocycles. The number of amides is 1. The van der Waals surface area contributed by atoms with E-state index in [2.05, 4.69) is 10.3 Å². The summed E-state index contributed by atoms with van der Waals surface area (Å²) in [4.78, 5) is 16.1. The first kappa shape index (κ1) is 14.3. The minimum absolute atomic E-state index is 0.122. The van der Waals surface area contributed by atoms with Crippen LogP contribution in [0.25, 0.3) is 0 Å². The van der Waals surface area contributed by atoms with Gasteiger partial charge < -0.3 is 15.6 Å². The maximum Gasteiger partial charge on any atom is 0.237 e. The Bertz CT molecular complexity index is 550. The number of benzene rings is 1. The molecule has 5 nitrogen and oxygen atoms in total. The molecule has 1 aromatic heterocycles. The fourth-order valence-electron chi connectivity index (χ4n) is 2.03. The quantitative estimate of drug-likeness (QED) is 0.811. The van der Waals surface area contributed by atoms with Gasteiger partial charge in [0.2, 0.25) is 5.91 Å². The molecule has 1 unspecified atom stereocenters. The lowest BCUT2D eigenvalue weighted by Crippen LogP contribution is -2.42. The third-order valence-corrected chi connectivity index (χ3v) is 3.20. The van der Waals surface area contributed by atoms with Crippen molar-refractivity contribution in [2.75, 3.05) is 6.54 Å². The number of imidazole rings is 1. The highest BCUT2D eigenvalue weighted by Crippen LogP contribution is 2.02.